The number of carbonyl (C=O) groups is 1. The molecular weight excluding hydrogens is 306 g/mol. The van der Waals surface area contributed by atoms with Gasteiger partial charge in [0.05, 0.1) is 5.69 Å². The second kappa shape index (κ2) is 5.59. The summed E-state index contributed by atoms with van der Waals surface area (Å²) in [6, 6.07) is 10.2. The Bertz CT molecular complexity index is 873. The van der Waals surface area contributed by atoms with Gasteiger partial charge in [0, 0.05) is 48.1 Å². The number of benzene rings is 1. The number of amides is 1. The molecule has 3 heterocycles. The van der Waals surface area contributed by atoms with Gasteiger partial charge in [-0.1, -0.05) is 6.07 Å². The first-order chi connectivity index (χ1) is 11.2. The summed E-state index contributed by atoms with van der Waals surface area (Å²) < 4.78 is 0. The highest BCUT2D eigenvalue weighted by Gasteiger charge is 2.22. The zero-order valence-corrected chi connectivity index (χ0v) is 13.5. The highest BCUT2D eigenvalue weighted by atomic mass is 32.1. The van der Waals surface area contributed by atoms with Crippen LogP contribution in [0.4, 0.5) is 5.69 Å². The van der Waals surface area contributed by atoms with Crippen LogP contribution in [0.5, 0.6) is 0 Å². The average molecular weight is 321 g/mol. The molecule has 0 spiro atoms. The van der Waals surface area contributed by atoms with Gasteiger partial charge in [0.25, 0.3) is 0 Å². The Hall–Kier alpha value is -2.53. The predicted molar refractivity (Wildman–Crippen MR) is 92.5 cm³/mol. The monoisotopic (exact) mass is 321 g/mol. The number of carbonyl (C=O) groups excluding carboxylic acids is 1. The Kier molecular flexibility index (Phi) is 3.42. The van der Waals surface area contributed by atoms with Crippen LogP contribution in [-0.4, -0.2) is 22.4 Å². The Morgan fingerprint density at radius 1 is 1.17 bits per heavy atom. The van der Waals surface area contributed by atoms with Crippen molar-refractivity contribution < 1.29 is 4.79 Å². The molecule has 3 aromatic rings. The number of aromatic nitrogens is 2. The maximum Gasteiger partial charge on any atom is 0.223 e. The topological polar surface area (TPSA) is 46.1 Å². The van der Waals surface area contributed by atoms with Crippen molar-refractivity contribution >= 4 is 22.9 Å². The van der Waals surface area contributed by atoms with E-state index in [1.807, 2.05) is 29.2 Å². The Balaban J connectivity index is 1.68. The number of hydrogen-bond acceptors (Lipinski definition) is 4. The van der Waals surface area contributed by atoms with Gasteiger partial charge in [-0.2, -0.15) is 0 Å². The molecule has 0 fully saturated rings. The summed E-state index contributed by atoms with van der Waals surface area (Å²) in [5.41, 5.74) is 5.42. The predicted octanol–water partition coefficient (Wildman–Crippen LogP) is 3.78. The van der Waals surface area contributed by atoms with Crippen LogP contribution in [0.3, 0.4) is 0 Å². The number of fused-ring (bicyclic) bond motifs is 1. The number of nitrogens with zero attached hydrogens (tertiary/aromatic N) is 3. The minimum atomic E-state index is 0.102. The summed E-state index contributed by atoms with van der Waals surface area (Å²) >= 11 is 1.63. The van der Waals surface area contributed by atoms with Gasteiger partial charge in [-0.15, -0.1) is 11.3 Å². The lowest BCUT2D eigenvalue weighted by atomic mass is 10.1. The first kappa shape index (κ1) is 14.1. The van der Waals surface area contributed by atoms with E-state index in [-0.39, 0.29) is 5.91 Å². The van der Waals surface area contributed by atoms with Crippen LogP contribution in [0.1, 0.15) is 12.5 Å². The van der Waals surface area contributed by atoms with E-state index in [1.54, 1.807) is 30.7 Å². The summed E-state index contributed by atoms with van der Waals surface area (Å²) in [6.45, 7) is 2.39. The van der Waals surface area contributed by atoms with Crippen molar-refractivity contribution in [1.29, 1.82) is 0 Å². The summed E-state index contributed by atoms with van der Waals surface area (Å²) in [6.07, 6.45) is 4.47. The molecule has 0 bridgehead atoms. The maximum atomic E-state index is 11.6. The number of anilines is 1. The molecule has 5 heteroatoms. The van der Waals surface area contributed by atoms with Crippen LogP contribution in [0.2, 0.25) is 0 Å². The normalized spacial score (nSPS) is 13.2. The summed E-state index contributed by atoms with van der Waals surface area (Å²) in [7, 11) is 0. The van der Waals surface area contributed by atoms with Crippen LogP contribution in [0, 0.1) is 0 Å². The fourth-order valence-electron chi connectivity index (χ4n) is 2.92. The van der Waals surface area contributed by atoms with Gasteiger partial charge < -0.3 is 4.90 Å². The molecule has 1 aliphatic heterocycles. The van der Waals surface area contributed by atoms with Crippen LogP contribution >= 0.6 is 11.3 Å². The fourth-order valence-corrected chi connectivity index (χ4v) is 3.76. The second-order valence-electron chi connectivity index (χ2n) is 5.54. The van der Waals surface area contributed by atoms with E-state index in [0.717, 1.165) is 40.5 Å². The molecule has 114 valence electrons. The van der Waals surface area contributed by atoms with Crippen molar-refractivity contribution in [3.63, 3.8) is 0 Å². The maximum absolute atomic E-state index is 11.6. The van der Waals surface area contributed by atoms with Gasteiger partial charge >= 0.3 is 0 Å². The third kappa shape index (κ3) is 2.53. The largest absolute Gasteiger partial charge is 0.312 e. The Morgan fingerprint density at radius 2 is 2.00 bits per heavy atom. The molecule has 0 N–H and O–H groups in total. The molecular formula is C18H15N3OS. The van der Waals surface area contributed by atoms with Crippen LogP contribution in [0.25, 0.3) is 21.8 Å². The number of thiazole rings is 1. The van der Waals surface area contributed by atoms with E-state index in [9.17, 15) is 4.79 Å². The molecule has 0 aliphatic carbocycles. The molecule has 0 atom stereocenters. The van der Waals surface area contributed by atoms with E-state index >= 15 is 0 Å². The van der Waals surface area contributed by atoms with Gasteiger partial charge in [0.2, 0.25) is 5.91 Å². The second-order valence-corrected chi connectivity index (χ2v) is 6.40. The van der Waals surface area contributed by atoms with Crippen molar-refractivity contribution in [2.75, 3.05) is 11.4 Å². The SMILES string of the molecule is CC(=O)N1CCc2cc(-c3csc(-c4ccncc4)n3)ccc21. The zero-order chi connectivity index (χ0) is 15.8. The molecule has 2 aromatic heterocycles. The standard InChI is InChI=1S/C18H15N3OS/c1-12(22)21-9-6-15-10-14(2-3-17(15)21)16-11-23-18(20-16)13-4-7-19-8-5-13/h2-5,7-8,10-11H,6,9H2,1H3. The van der Waals surface area contributed by atoms with Crippen molar-refractivity contribution in [3.05, 3.63) is 53.7 Å². The molecule has 1 amide bonds. The molecule has 0 unspecified atom stereocenters. The van der Waals surface area contributed by atoms with E-state index in [1.165, 1.54) is 5.56 Å². The third-order valence-corrected chi connectivity index (χ3v) is 4.97. The van der Waals surface area contributed by atoms with Gasteiger partial charge in [0.15, 0.2) is 0 Å². The smallest absolute Gasteiger partial charge is 0.223 e. The van der Waals surface area contributed by atoms with E-state index < -0.39 is 0 Å². The van der Waals surface area contributed by atoms with E-state index in [0.29, 0.717) is 0 Å². The van der Waals surface area contributed by atoms with Crippen molar-refractivity contribution in [2.24, 2.45) is 0 Å². The number of pyridine rings is 1. The summed E-state index contributed by atoms with van der Waals surface area (Å²) in [4.78, 5) is 22.3. The quantitative estimate of drug-likeness (QED) is 0.721. The van der Waals surface area contributed by atoms with Crippen LogP contribution in [0.15, 0.2) is 48.1 Å². The first-order valence-corrected chi connectivity index (χ1v) is 8.37. The van der Waals surface area contributed by atoms with Crippen molar-refractivity contribution in [3.8, 4) is 21.8 Å². The Morgan fingerprint density at radius 3 is 2.78 bits per heavy atom. The molecule has 0 radical (unpaired) electrons. The highest BCUT2D eigenvalue weighted by Crippen LogP contribution is 2.34. The minimum Gasteiger partial charge on any atom is -0.312 e. The minimum absolute atomic E-state index is 0.102. The molecule has 1 aliphatic rings. The lowest BCUT2D eigenvalue weighted by molar-refractivity contribution is -0.116. The van der Waals surface area contributed by atoms with E-state index in [2.05, 4.69) is 16.4 Å². The highest BCUT2D eigenvalue weighted by molar-refractivity contribution is 7.13. The van der Waals surface area contributed by atoms with Crippen molar-refractivity contribution in [1.82, 2.24) is 9.97 Å². The van der Waals surface area contributed by atoms with Gasteiger partial charge in [-0.3, -0.25) is 9.78 Å². The molecule has 4 rings (SSSR count). The number of hydrogen-bond donors (Lipinski definition) is 0. The summed E-state index contributed by atoms with van der Waals surface area (Å²) in [5.74, 6) is 0.102. The molecule has 23 heavy (non-hydrogen) atoms. The molecule has 0 saturated heterocycles. The summed E-state index contributed by atoms with van der Waals surface area (Å²) in [5, 5.41) is 3.07. The lowest BCUT2D eigenvalue weighted by Gasteiger charge is -2.14. The van der Waals surface area contributed by atoms with E-state index in [4.69, 9.17) is 4.98 Å². The van der Waals surface area contributed by atoms with Gasteiger partial charge in [0.1, 0.15) is 5.01 Å². The molecule has 0 saturated carbocycles. The Labute approximate surface area is 138 Å². The van der Waals surface area contributed by atoms with Crippen molar-refractivity contribution in [2.45, 2.75) is 13.3 Å². The molecule has 1 aromatic carbocycles. The first-order valence-electron chi connectivity index (χ1n) is 7.50. The number of rotatable bonds is 2. The lowest BCUT2D eigenvalue weighted by Crippen LogP contribution is -2.25. The van der Waals surface area contributed by atoms with Gasteiger partial charge in [-0.05, 0) is 36.2 Å². The average Bonchev–Trinajstić information content (AvgIpc) is 3.22. The van der Waals surface area contributed by atoms with Gasteiger partial charge in [-0.25, -0.2) is 4.98 Å². The van der Waals surface area contributed by atoms with Crippen LogP contribution in [-0.2, 0) is 11.2 Å². The molecule has 4 nitrogen and oxygen atoms in total. The fraction of sp³-hybridized carbons (Fsp3) is 0.167. The van der Waals surface area contributed by atoms with Crippen LogP contribution < -0.4 is 4.90 Å². The third-order valence-electron chi connectivity index (χ3n) is 4.08. The zero-order valence-electron chi connectivity index (χ0n) is 12.7.